The molecule has 0 aliphatic carbocycles. The van der Waals surface area contributed by atoms with E-state index in [4.69, 9.17) is 10.5 Å². The second kappa shape index (κ2) is 5.66. The summed E-state index contributed by atoms with van der Waals surface area (Å²) < 4.78 is 5.31. The third-order valence-corrected chi connectivity index (χ3v) is 3.08. The first-order valence-electron chi connectivity index (χ1n) is 5.92. The Balaban J connectivity index is 2.26. The fraction of sp³-hybridized carbons (Fsp3) is 0.417. The van der Waals surface area contributed by atoms with E-state index in [2.05, 4.69) is 10.3 Å². The zero-order valence-electron chi connectivity index (χ0n) is 10.3. The highest BCUT2D eigenvalue weighted by molar-refractivity contribution is 5.82. The standard InChI is InChI=1S/C12H15N3O4/c13-11(17)10(14-6-16)4-7-3-8-5-19-2-1-9(8)15-12(7)18/h3,6,10H,1-2,4-5H2,(H2,13,17)(H,14,16)(H,15,18). The van der Waals surface area contributed by atoms with Crippen molar-refractivity contribution in [2.75, 3.05) is 6.61 Å². The summed E-state index contributed by atoms with van der Waals surface area (Å²) in [5, 5.41) is 2.30. The Morgan fingerprint density at radius 2 is 2.42 bits per heavy atom. The number of aromatic nitrogens is 1. The number of carbonyl (C=O) groups is 2. The number of hydrogen-bond acceptors (Lipinski definition) is 4. The van der Waals surface area contributed by atoms with Crippen LogP contribution in [0.3, 0.4) is 0 Å². The predicted octanol–water partition coefficient (Wildman–Crippen LogP) is -1.41. The summed E-state index contributed by atoms with van der Waals surface area (Å²) in [6, 6.07) is 0.816. The van der Waals surface area contributed by atoms with Gasteiger partial charge < -0.3 is 20.8 Å². The average Bonchev–Trinajstić information content (AvgIpc) is 2.38. The average molecular weight is 265 g/mol. The number of aromatic amines is 1. The van der Waals surface area contributed by atoms with Crippen molar-refractivity contribution in [2.24, 2.45) is 5.73 Å². The van der Waals surface area contributed by atoms with Gasteiger partial charge in [0.2, 0.25) is 12.3 Å². The van der Waals surface area contributed by atoms with E-state index in [1.54, 1.807) is 6.07 Å². The molecule has 2 heterocycles. The van der Waals surface area contributed by atoms with Crippen LogP contribution in [-0.2, 0) is 33.8 Å². The fourth-order valence-electron chi connectivity index (χ4n) is 2.06. The van der Waals surface area contributed by atoms with E-state index in [1.807, 2.05) is 0 Å². The van der Waals surface area contributed by atoms with Crippen LogP contribution in [0.4, 0.5) is 0 Å². The summed E-state index contributed by atoms with van der Waals surface area (Å²) >= 11 is 0. The molecule has 0 fully saturated rings. The van der Waals surface area contributed by atoms with Crippen molar-refractivity contribution < 1.29 is 14.3 Å². The van der Waals surface area contributed by atoms with Crippen LogP contribution in [0, 0.1) is 0 Å². The molecule has 19 heavy (non-hydrogen) atoms. The van der Waals surface area contributed by atoms with Crippen molar-refractivity contribution in [3.63, 3.8) is 0 Å². The Hall–Kier alpha value is -2.15. The van der Waals surface area contributed by atoms with Crippen molar-refractivity contribution >= 4 is 12.3 Å². The third-order valence-electron chi connectivity index (χ3n) is 3.08. The van der Waals surface area contributed by atoms with E-state index in [1.165, 1.54) is 0 Å². The van der Waals surface area contributed by atoms with Gasteiger partial charge >= 0.3 is 0 Å². The van der Waals surface area contributed by atoms with Gasteiger partial charge in [-0.2, -0.15) is 0 Å². The molecule has 4 N–H and O–H groups in total. The maximum atomic E-state index is 11.9. The molecule has 1 atom stereocenters. The van der Waals surface area contributed by atoms with Gasteiger partial charge in [0.1, 0.15) is 6.04 Å². The normalized spacial score (nSPS) is 15.4. The van der Waals surface area contributed by atoms with Crippen molar-refractivity contribution in [2.45, 2.75) is 25.5 Å². The number of H-pyrrole nitrogens is 1. The summed E-state index contributed by atoms with van der Waals surface area (Å²) in [7, 11) is 0. The van der Waals surface area contributed by atoms with Gasteiger partial charge in [0, 0.05) is 24.1 Å². The van der Waals surface area contributed by atoms with E-state index < -0.39 is 11.9 Å². The molecular formula is C12H15N3O4. The maximum Gasteiger partial charge on any atom is 0.251 e. The van der Waals surface area contributed by atoms with E-state index >= 15 is 0 Å². The molecule has 1 aromatic rings. The van der Waals surface area contributed by atoms with Crippen molar-refractivity contribution in [3.8, 4) is 0 Å². The lowest BCUT2D eigenvalue weighted by molar-refractivity contribution is -0.122. The molecule has 7 heteroatoms. The van der Waals surface area contributed by atoms with Crippen LogP contribution >= 0.6 is 0 Å². The van der Waals surface area contributed by atoms with Crippen LogP contribution < -0.4 is 16.6 Å². The molecule has 1 aliphatic heterocycles. The number of nitrogens with two attached hydrogens (primary N) is 1. The molecule has 1 aromatic heterocycles. The Bertz CT molecular complexity index is 552. The summed E-state index contributed by atoms with van der Waals surface area (Å²) in [6.07, 6.45) is 1.12. The number of fused-ring (bicyclic) bond motifs is 1. The number of rotatable bonds is 5. The van der Waals surface area contributed by atoms with Gasteiger partial charge in [-0.05, 0) is 11.6 Å². The molecule has 2 amide bonds. The second-order valence-electron chi connectivity index (χ2n) is 4.37. The molecule has 2 rings (SSSR count). The van der Waals surface area contributed by atoms with E-state index in [-0.39, 0.29) is 12.0 Å². The zero-order valence-corrected chi connectivity index (χ0v) is 10.3. The van der Waals surface area contributed by atoms with Crippen molar-refractivity contribution in [1.82, 2.24) is 10.3 Å². The number of hydrogen-bond donors (Lipinski definition) is 3. The fourth-order valence-corrected chi connectivity index (χ4v) is 2.06. The number of nitrogens with one attached hydrogen (secondary N) is 2. The Morgan fingerprint density at radius 1 is 1.63 bits per heavy atom. The Morgan fingerprint density at radius 3 is 3.11 bits per heavy atom. The monoisotopic (exact) mass is 265 g/mol. The topological polar surface area (TPSA) is 114 Å². The molecule has 0 spiro atoms. The molecule has 1 unspecified atom stereocenters. The zero-order chi connectivity index (χ0) is 13.8. The first kappa shape index (κ1) is 13.3. The van der Waals surface area contributed by atoms with Gasteiger partial charge in [-0.1, -0.05) is 0 Å². The lowest BCUT2D eigenvalue weighted by Gasteiger charge is -2.18. The highest BCUT2D eigenvalue weighted by atomic mass is 16.5. The molecular weight excluding hydrogens is 250 g/mol. The summed E-state index contributed by atoms with van der Waals surface area (Å²) in [5.41, 5.74) is 7.06. The molecule has 7 nitrogen and oxygen atoms in total. The highest BCUT2D eigenvalue weighted by Crippen LogP contribution is 2.14. The first-order chi connectivity index (χ1) is 9.11. The highest BCUT2D eigenvalue weighted by Gasteiger charge is 2.19. The third kappa shape index (κ3) is 3.00. The van der Waals surface area contributed by atoms with Gasteiger partial charge in [-0.15, -0.1) is 0 Å². The summed E-state index contributed by atoms with van der Waals surface area (Å²) in [4.78, 5) is 36.2. The Kier molecular flexibility index (Phi) is 3.96. The van der Waals surface area contributed by atoms with Gasteiger partial charge in [-0.3, -0.25) is 14.4 Å². The summed E-state index contributed by atoms with van der Waals surface area (Å²) in [6.45, 7) is 1.01. The number of ether oxygens (including phenoxy) is 1. The minimum Gasteiger partial charge on any atom is -0.376 e. The molecule has 102 valence electrons. The molecule has 0 radical (unpaired) electrons. The SMILES string of the molecule is NC(=O)C(Cc1cc2c([nH]c1=O)CCOC2)NC=O. The van der Waals surface area contributed by atoms with Crippen molar-refractivity contribution in [3.05, 3.63) is 33.2 Å². The smallest absolute Gasteiger partial charge is 0.251 e. The lowest BCUT2D eigenvalue weighted by atomic mass is 10.0. The lowest BCUT2D eigenvalue weighted by Crippen LogP contribution is -2.43. The van der Waals surface area contributed by atoms with E-state index in [0.29, 0.717) is 31.6 Å². The van der Waals surface area contributed by atoms with Crippen LogP contribution in [0.5, 0.6) is 0 Å². The number of primary amides is 1. The molecule has 1 aliphatic rings. The van der Waals surface area contributed by atoms with Crippen LogP contribution in [0.25, 0.3) is 0 Å². The minimum atomic E-state index is -0.888. The molecule has 0 saturated heterocycles. The second-order valence-corrected chi connectivity index (χ2v) is 4.37. The first-order valence-corrected chi connectivity index (χ1v) is 5.92. The number of carbonyl (C=O) groups excluding carboxylic acids is 2. The van der Waals surface area contributed by atoms with Crippen LogP contribution in [0.15, 0.2) is 10.9 Å². The number of amides is 2. The van der Waals surface area contributed by atoms with Crippen molar-refractivity contribution in [1.29, 1.82) is 0 Å². The quantitative estimate of drug-likeness (QED) is 0.567. The van der Waals surface area contributed by atoms with Crippen LogP contribution in [-0.4, -0.2) is 29.9 Å². The van der Waals surface area contributed by atoms with Gasteiger partial charge in [0.15, 0.2) is 0 Å². The molecule has 0 bridgehead atoms. The molecule has 0 aromatic carbocycles. The number of pyridine rings is 1. The Labute approximate surface area is 109 Å². The van der Waals surface area contributed by atoms with Crippen LogP contribution in [0.2, 0.25) is 0 Å². The summed E-state index contributed by atoms with van der Waals surface area (Å²) in [5.74, 6) is -0.680. The predicted molar refractivity (Wildman–Crippen MR) is 66.3 cm³/mol. The van der Waals surface area contributed by atoms with Gasteiger partial charge in [-0.25, -0.2) is 0 Å². The van der Waals surface area contributed by atoms with E-state index in [0.717, 1.165) is 11.3 Å². The van der Waals surface area contributed by atoms with Gasteiger partial charge in [0.25, 0.3) is 5.56 Å². The largest absolute Gasteiger partial charge is 0.376 e. The molecule has 0 saturated carbocycles. The van der Waals surface area contributed by atoms with E-state index in [9.17, 15) is 14.4 Å². The van der Waals surface area contributed by atoms with Gasteiger partial charge in [0.05, 0.1) is 13.2 Å². The van der Waals surface area contributed by atoms with Crippen LogP contribution in [0.1, 0.15) is 16.8 Å². The maximum absolute atomic E-state index is 11.9. The minimum absolute atomic E-state index is 0.0662.